The summed E-state index contributed by atoms with van der Waals surface area (Å²) in [4.78, 5) is 26.0. The van der Waals surface area contributed by atoms with E-state index in [0.29, 0.717) is 16.8 Å². The number of nitrogens with zero attached hydrogens (tertiary/aromatic N) is 2. The van der Waals surface area contributed by atoms with Gasteiger partial charge in [-0.2, -0.15) is 0 Å². The molecule has 0 aromatic carbocycles. The topological polar surface area (TPSA) is 60.8 Å². The Morgan fingerprint density at radius 2 is 2.15 bits per heavy atom. The van der Waals surface area contributed by atoms with Gasteiger partial charge in [-0.1, -0.05) is 0 Å². The number of esters is 1. The molecule has 2 rings (SSSR count). The molecule has 0 saturated carbocycles. The second-order valence-corrected chi connectivity index (χ2v) is 5.42. The average molecular weight is 345 g/mol. The molecule has 0 saturated heterocycles. The van der Waals surface area contributed by atoms with Crippen molar-refractivity contribution in [2.24, 2.45) is 0 Å². The van der Waals surface area contributed by atoms with Crippen molar-refractivity contribution in [3.8, 4) is 5.75 Å². The number of amides is 1. The van der Waals surface area contributed by atoms with Crippen LogP contribution in [0, 0.1) is 0 Å². The second-order valence-electron chi connectivity index (χ2n) is 4.67. The summed E-state index contributed by atoms with van der Waals surface area (Å²) in [5.74, 6) is -0.407. The molecule has 2 heterocycles. The largest absolute Gasteiger partial charge is 0.493 e. The summed E-state index contributed by atoms with van der Waals surface area (Å²) in [6, 6.07) is 0.0409. The quantitative estimate of drug-likeness (QED) is 0.787. The molecule has 1 aliphatic rings. The summed E-state index contributed by atoms with van der Waals surface area (Å²) >= 11 is 3.40. The fraction of sp³-hybridized carbons (Fsp3) is 0.538. The molecular formula is C13H17BrN2O4. The monoisotopic (exact) mass is 344 g/mol. The maximum atomic E-state index is 12.3. The average Bonchev–Trinajstić information content (AvgIpc) is 2.69. The fourth-order valence-electron chi connectivity index (χ4n) is 2.47. The van der Waals surface area contributed by atoms with Crippen molar-refractivity contribution in [1.29, 1.82) is 0 Å². The van der Waals surface area contributed by atoms with E-state index in [2.05, 4.69) is 15.9 Å². The molecule has 20 heavy (non-hydrogen) atoms. The Morgan fingerprint density at radius 1 is 1.50 bits per heavy atom. The number of hydrogen-bond acceptors (Lipinski definition) is 4. The van der Waals surface area contributed by atoms with E-state index in [0.717, 1.165) is 0 Å². The van der Waals surface area contributed by atoms with Crippen LogP contribution in [-0.2, 0) is 4.74 Å². The van der Waals surface area contributed by atoms with Gasteiger partial charge in [-0.15, -0.1) is 0 Å². The Bertz CT molecular complexity index is 567. The van der Waals surface area contributed by atoms with Crippen LogP contribution in [0.2, 0.25) is 0 Å². The molecule has 0 bridgehead atoms. The van der Waals surface area contributed by atoms with Gasteiger partial charge in [0.05, 0.1) is 13.7 Å². The zero-order valence-corrected chi connectivity index (χ0v) is 13.5. The molecule has 1 aromatic heterocycles. The fourth-order valence-corrected chi connectivity index (χ4v) is 3.34. The number of methoxy groups -OCH3 is 1. The van der Waals surface area contributed by atoms with Gasteiger partial charge in [0.25, 0.3) is 5.91 Å². The van der Waals surface area contributed by atoms with Gasteiger partial charge < -0.3 is 18.9 Å². The molecule has 0 spiro atoms. The first kappa shape index (κ1) is 14.9. The van der Waals surface area contributed by atoms with E-state index in [1.165, 1.54) is 7.11 Å². The first-order valence-corrected chi connectivity index (χ1v) is 7.13. The van der Waals surface area contributed by atoms with Crippen LogP contribution in [0.1, 0.15) is 40.7 Å². The predicted octanol–water partition coefficient (Wildman–Crippen LogP) is 2.08. The Hall–Kier alpha value is -1.50. The molecule has 0 N–H and O–H groups in total. The van der Waals surface area contributed by atoms with Crippen molar-refractivity contribution in [1.82, 2.24) is 9.47 Å². The number of aromatic nitrogens is 1. The number of hydrogen-bond donors (Lipinski definition) is 0. The van der Waals surface area contributed by atoms with Gasteiger partial charge in [-0.05, 0) is 29.8 Å². The molecule has 0 aliphatic carbocycles. The molecule has 0 fully saturated rings. The van der Waals surface area contributed by atoms with Crippen LogP contribution < -0.4 is 4.74 Å². The molecule has 6 nitrogen and oxygen atoms in total. The molecule has 7 heteroatoms. The molecule has 0 unspecified atom stereocenters. The summed E-state index contributed by atoms with van der Waals surface area (Å²) < 4.78 is 12.6. The van der Waals surface area contributed by atoms with Crippen LogP contribution >= 0.6 is 15.9 Å². The van der Waals surface area contributed by atoms with Crippen LogP contribution in [0.15, 0.2) is 4.60 Å². The number of likely N-dealkylation sites (N-methyl/N-ethyl adjacent to an activating group) is 1. The minimum atomic E-state index is -0.499. The maximum Gasteiger partial charge on any atom is 0.344 e. The minimum absolute atomic E-state index is 0.0409. The molecule has 1 atom stereocenters. The highest BCUT2D eigenvalue weighted by Gasteiger charge is 2.37. The van der Waals surface area contributed by atoms with E-state index in [9.17, 15) is 9.59 Å². The third kappa shape index (κ3) is 2.09. The second kappa shape index (κ2) is 5.47. The molecule has 1 aliphatic heterocycles. The number of fused-ring (bicyclic) bond motifs is 1. The van der Waals surface area contributed by atoms with Gasteiger partial charge in [0.15, 0.2) is 11.4 Å². The SMILES string of the molecule is CCOC(=O)c1c(OC)c2n(c1Br)[C@@H](C)CN(C)C2=O. The number of ether oxygens (including phenoxy) is 2. The minimum Gasteiger partial charge on any atom is -0.493 e. The molecule has 110 valence electrons. The Kier molecular flexibility index (Phi) is 4.08. The Labute approximate surface area is 125 Å². The van der Waals surface area contributed by atoms with Gasteiger partial charge >= 0.3 is 5.97 Å². The van der Waals surface area contributed by atoms with Gasteiger partial charge in [-0.3, -0.25) is 4.79 Å². The lowest BCUT2D eigenvalue weighted by molar-refractivity contribution is 0.0521. The van der Waals surface area contributed by atoms with E-state index < -0.39 is 5.97 Å². The van der Waals surface area contributed by atoms with E-state index in [-0.39, 0.29) is 29.9 Å². The van der Waals surface area contributed by atoms with Crippen LogP contribution in [-0.4, -0.2) is 48.7 Å². The van der Waals surface area contributed by atoms with Crippen LogP contribution in [0.3, 0.4) is 0 Å². The summed E-state index contributed by atoms with van der Waals surface area (Å²) in [5, 5.41) is 0. The highest BCUT2D eigenvalue weighted by Crippen LogP contribution is 2.40. The van der Waals surface area contributed by atoms with Gasteiger partial charge in [0.1, 0.15) is 10.2 Å². The van der Waals surface area contributed by atoms with E-state index in [1.807, 2.05) is 6.92 Å². The summed E-state index contributed by atoms with van der Waals surface area (Å²) in [6.07, 6.45) is 0. The first-order valence-electron chi connectivity index (χ1n) is 6.34. The molecular weight excluding hydrogens is 328 g/mol. The Balaban J connectivity index is 2.68. The Morgan fingerprint density at radius 3 is 2.70 bits per heavy atom. The van der Waals surface area contributed by atoms with Gasteiger partial charge in [0.2, 0.25) is 0 Å². The highest BCUT2D eigenvalue weighted by atomic mass is 79.9. The van der Waals surface area contributed by atoms with Crippen molar-refractivity contribution >= 4 is 27.8 Å². The van der Waals surface area contributed by atoms with Gasteiger partial charge in [0, 0.05) is 19.6 Å². The number of carbonyl (C=O) groups is 2. The molecule has 1 amide bonds. The number of rotatable bonds is 3. The highest BCUT2D eigenvalue weighted by molar-refractivity contribution is 9.10. The predicted molar refractivity (Wildman–Crippen MR) is 76.3 cm³/mol. The van der Waals surface area contributed by atoms with E-state index in [4.69, 9.17) is 9.47 Å². The number of carbonyl (C=O) groups excluding carboxylic acids is 2. The smallest absolute Gasteiger partial charge is 0.344 e. The third-order valence-corrected chi connectivity index (χ3v) is 4.09. The van der Waals surface area contributed by atoms with Crippen molar-refractivity contribution in [2.75, 3.05) is 27.3 Å². The molecule has 0 radical (unpaired) electrons. The lowest BCUT2D eigenvalue weighted by atomic mass is 10.2. The molecule has 1 aromatic rings. The lowest BCUT2D eigenvalue weighted by Gasteiger charge is -2.30. The summed E-state index contributed by atoms with van der Waals surface area (Å²) in [6.45, 7) is 4.55. The van der Waals surface area contributed by atoms with E-state index >= 15 is 0 Å². The summed E-state index contributed by atoms with van der Waals surface area (Å²) in [5.41, 5.74) is 0.642. The standard InChI is InChI=1S/C13H17BrN2O4/c1-5-20-13(18)8-10(19-4)9-12(17)15(3)6-7(2)16(9)11(8)14/h7H,5-6H2,1-4H3/t7-/m0/s1. The zero-order valence-electron chi connectivity index (χ0n) is 11.9. The third-order valence-electron chi connectivity index (χ3n) is 3.31. The maximum absolute atomic E-state index is 12.3. The van der Waals surface area contributed by atoms with E-state index in [1.54, 1.807) is 23.4 Å². The number of halogens is 1. The summed E-state index contributed by atoms with van der Waals surface area (Å²) in [7, 11) is 3.17. The lowest BCUT2D eigenvalue weighted by Crippen LogP contribution is -2.39. The van der Waals surface area contributed by atoms with Crippen LogP contribution in [0.25, 0.3) is 0 Å². The van der Waals surface area contributed by atoms with Gasteiger partial charge in [-0.25, -0.2) is 4.79 Å². The zero-order chi connectivity index (χ0) is 15.0. The first-order chi connectivity index (χ1) is 9.43. The van der Waals surface area contributed by atoms with Crippen molar-refractivity contribution < 1.29 is 19.1 Å². The van der Waals surface area contributed by atoms with Crippen molar-refractivity contribution in [3.63, 3.8) is 0 Å². The van der Waals surface area contributed by atoms with Crippen LogP contribution in [0.5, 0.6) is 5.75 Å². The van der Waals surface area contributed by atoms with Crippen LogP contribution in [0.4, 0.5) is 0 Å². The van der Waals surface area contributed by atoms with Crippen molar-refractivity contribution in [3.05, 3.63) is 15.9 Å². The normalized spacial score (nSPS) is 17.9. The van der Waals surface area contributed by atoms with Crippen molar-refractivity contribution in [2.45, 2.75) is 19.9 Å².